The first-order valence-corrected chi connectivity index (χ1v) is 5.17. The summed E-state index contributed by atoms with van der Waals surface area (Å²) in [5.41, 5.74) is 1.55. The van der Waals surface area contributed by atoms with Crippen LogP contribution in [0, 0.1) is 0 Å². The molecule has 3 heteroatoms. The molecular weight excluding hydrogens is 190 g/mol. The largest absolute Gasteiger partial charge is 0.459 e. The third-order valence-electron chi connectivity index (χ3n) is 2.04. The molecule has 3 nitrogen and oxygen atoms in total. The Kier molecular flexibility index (Phi) is 3.83. The molecule has 0 aromatic carbocycles. The highest BCUT2D eigenvalue weighted by molar-refractivity contribution is 5.91. The molecule has 15 heavy (non-hydrogen) atoms. The smallest absolute Gasteiger partial charge is 0.340 e. The lowest BCUT2D eigenvalue weighted by molar-refractivity contribution is 0.0375. The molecule has 0 radical (unpaired) electrons. The summed E-state index contributed by atoms with van der Waals surface area (Å²) in [4.78, 5) is 15.7. The summed E-state index contributed by atoms with van der Waals surface area (Å²) >= 11 is 0. The van der Waals surface area contributed by atoms with Crippen molar-refractivity contribution < 1.29 is 9.53 Å². The molecule has 82 valence electrons. The maximum atomic E-state index is 11.7. The Morgan fingerprint density at radius 1 is 1.33 bits per heavy atom. The lowest BCUT2D eigenvalue weighted by Gasteiger charge is -2.12. The van der Waals surface area contributed by atoms with Crippen LogP contribution < -0.4 is 0 Å². The van der Waals surface area contributed by atoms with Crippen LogP contribution in [-0.4, -0.2) is 17.1 Å². The number of pyridine rings is 1. The number of hydrogen-bond acceptors (Lipinski definition) is 3. The first-order chi connectivity index (χ1) is 7.02. The van der Waals surface area contributed by atoms with Crippen molar-refractivity contribution in [2.45, 2.75) is 39.7 Å². The topological polar surface area (TPSA) is 39.2 Å². The summed E-state index contributed by atoms with van der Waals surface area (Å²) in [6.07, 6.45) is 3.17. The Morgan fingerprint density at radius 3 is 2.53 bits per heavy atom. The zero-order chi connectivity index (χ0) is 11.4. The minimum absolute atomic E-state index is 0.0993. The lowest BCUT2D eigenvalue weighted by Crippen LogP contribution is -2.14. The van der Waals surface area contributed by atoms with E-state index in [1.807, 2.05) is 33.8 Å². The Morgan fingerprint density at radius 2 is 2.00 bits per heavy atom. The van der Waals surface area contributed by atoms with Gasteiger partial charge in [-0.25, -0.2) is 4.79 Å². The predicted octanol–water partition coefficient (Wildman–Crippen LogP) is 2.77. The van der Waals surface area contributed by atoms with Crippen molar-refractivity contribution in [3.8, 4) is 0 Å². The van der Waals surface area contributed by atoms with Crippen molar-refractivity contribution in [2.24, 2.45) is 0 Å². The van der Waals surface area contributed by atoms with Crippen LogP contribution in [0.1, 0.15) is 49.5 Å². The number of ether oxygens (including phenoxy) is 1. The molecule has 0 atom stereocenters. The summed E-state index contributed by atoms with van der Waals surface area (Å²) in [6, 6.07) is 1.86. The first-order valence-electron chi connectivity index (χ1n) is 5.17. The highest BCUT2D eigenvalue weighted by Gasteiger charge is 2.15. The van der Waals surface area contributed by atoms with Crippen molar-refractivity contribution in [3.05, 3.63) is 29.6 Å². The van der Waals surface area contributed by atoms with E-state index in [2.05, 4.69) is 4.98 Å². The standard InChI is InChI=1S/C12H17NO2/c1-8(2)10-5-6-13-7-11(10)12(14)15-9(3)4/h5-9H,1-4H3. The van der Waals surface area contributed by atoms with Gasteiger partial charge in [0, 0.05) is 12.4 Å². The van der Waals surface area contributed by atoms with Gasteiger partial charge in [-0.3, -0.25) is 4.98 Å². The summed E-state index contributed by atoms with van der Waals surface area (Å²) in [6.45, 7) is 7.76. The summed E-state index contributed by atoms with van der Waals surface area (Å²) in [5, 5.41) is 0. The second-order valence-electron chi connectivity index (χ2n) is 4.07. The predicted molar refractivity (Wildman–Crippen MR) is 58.9 cm³/mol. The monoisotopic (exact) mass is 207 g/mol. The van der Waals surface area contributed by atoms with Crippen molar-refractivity contribution in [3.63, 3.8) is 0 Å². The molecule has 0 N–H and O–H groups in total. The van der Waals surface area contributed by atoms with E-state index in [9.17, 15) is 4.79 Å². The molecule has 0 saturated carbocycles. The van der Waals surface area contributed by atoms with Gasteiger partial charge < -0.3 is 4.74 Å². The van der Waals surface area contributed by atoms with Crippen LogP contribution in [0.4, 0.5) is 0 Å². The molecule has 0 fully saturated rings. The highest BCUT2D eigenvalue weighted by Crippen LogP contribution is 2.19. The average Bonchev–Trinajstić information content (AvgIpc) is 2.16. The Hall–Kier alpha value is -1.38. The third-order valence-corrected chi connectivity index (χ3v) is 2.04. The number of hydrogen-bond donors (Lipinski definition) is 0. The fraction of sp³-hybridized carbons (Fsp3) is 0.500. The molecule has 0 saturated heterocycles. The number of esters is 1. The zero-order valence-corrected chi connectivity index (χ0v) is 9.65. The third kappa shape index (κ3) is 3.05. The number of carbonyl (C=O) groups excluding carboxylic acids is 1. The lowest BCUT2D eigenvalue weighted by atomic mass is 9.99. The molecule has 0 spiro atoms. The van der Waals surface area contributed by atoms with E-state index in [1.165, 1.54) is 0 Å². The molecule has 0 unspecified atom stereocenters. The second-order valence-corrected chi connectivity index (χ2v) is 4.07. The number of rotatable bonds is 3. The van der Waals surface area contributed by atoms with E-state index in [4.69, 9.17) is 4.74 Å². The maximum absolute atomic E-state index is 11.7. The van der Waals surface area contributed by atoms with Gasteiger partial charge in [-0.2, -0.15) is 0 Å². The molecule has 0 amide bonds. The minimum atomic E-state index is -0.290. The number of carbonyl (C=O) groups is 1. The van der Waals surface area contributed by atoms with Gasteiger partial charge in [0.15, 0.2) is 0 Å². The van der Waals surface area contributed by atoms with Crippen LogP contribution in [0.3, 0.4) is 0 Å². The first kappa shape index (κ1) is 11.7. The van der Waals surface area contributed by atoms with E-state index >= 15 is 0 Å². The van der Waals surface area contributed by atoms with Crippen LogP contribution in [0.15, 0.2) is 18.5 Å². The van der Waals surface area contributed by atoms with E-state index < -0.39 is 0 Å². The molecule has 1 heterocycles. The van der Waals surface area contributed by atoms with Gasteiger partial charge >= 0.3 is 5.97 Å². The van der Waals surface area contributed by atoms with Gasteiger partial charge in [-0.05, 0) is 31.4 Å². The number of aromatic nitrogens is 1. The fourth-order valence-corrected chi connectivity index (χ4v) is 1.36. The van der Waals surface area contributed by atoms with Gasteiger partial charge in [-0.1, -0.05) is 13.8 Å². The zero-order valence-electron chi connectivity index (χ0n) is 9.65. The van der Waals surface area contributed by atoms with Gasteiger partial charge in [0.2, 0.25) is 0 Å². The Bertz CT molecular complexity index is 345. The van der Waals surface area contributed by atoms with Crippen LogP contribution in [-0.2, 0) is 4.74 Å². The molecule has 0 bridgehead atoms. The highest BCUT2D eigenvalue weighted by atomic mass is 16.5. The van der Waals surface area contributed by atoms with E-state index in [0.29, 0.717) is 11.5 Å². The minimum Gasteiger partial charge on any atom is -0.459 e. The Labute approximate surface area is 90.5 Å². The van der Waals surface area contributed by atoms with Gasteiger partial charge in [0.1, 0.15) is 0 Å². The molecule has 1 aromatic heterocycles. The Balaban J connectivity index is 2.97. The maximum Gasteiger partial charge on any atom is 0.340 e. The fourth-order valence-electron chi connectivity index (χ4n) is 1.36. The normalized spacial score (nSPS) is 10.8. The van der Waals surface area contributed by atoms with E-state index in [0.717, 1.165) is 5.56 Å². The van der Waals surface area contributed by atoms with Crippen LogP contribution in [0.5, 0.6) is 0 Å². The molecule has 0 aliphatic rings. The van der Waals surface area contributed by atoms with E-state index in [1.54, 1.807) is 12.4 Å². The summed E-state index contributed by atoms with van der Waals surface area (Å²) < 4.78 is 5.15. The van der Waals surface area contributed by atoms with Crippen LogP contribution in [0.25, 0.3) is 0 Å². The van der Waals surface area contributed by atoms with Crippen molar-refractivity contribution in [2.75, 3.05) is 0 Å². The average molecular weight is 207 g/mol. The van der Waals surface area contributed by atoms with Gasteiger partial charge in [0.05, 0.1) is 11.7 Å². The quantitative estimate of drug-likeness (QED) is 0.715. The molecule has 1 aromatic rings. The van der Waals surface area contributed by atoms with Gasteiger partial charge in [-0.15, -0.1) is 0 Å². The van der Waals surface area contributed by atoms with Crippen LogP contribution >= 0.6 is 0 Å². The van der Waals surface area contributed by atoms with E-state index in [-0.39, 0.29) is 12.1 Å². The SMILES string of the molecule is CC(C)OC(=O)c1cnccc1C(C)C. The van der Waals surface area contributed by atoms with Crippen molar-refractivity contribution >= 4 is 5.97 Å². The summed E-state index contributed by atoms with van der Waals surface area (Å²) in [7, 11) is 0. The summed E-state index contributed by atoms with van der Waals surface area (Å²) in [5.74, 6) is 0.00418. The molecule has 0 aliphatic heterocycles. The molecular formula is C12H17NO2. The second kappa shape index (κ2) is 4.91. The van der Waals surface area contributed by atoms with Crippen molar-refractivity contribution in [1.29, 1.82) is 0 Å². The molecule has 0 aliphatic carbocycles. The molecule has 1 rings (SSSR count). The number of nitrogens with zero attached hydrogens (tertiary/aromatic N) is 1. The van der Waals surface area contributed by atoms with Crippen LogP contribution in [0.2, 0.25) is 0 Å². The van der Waals surface area contributed by atoms with Crippen molar-refractivity contribution in [1.82, 2.24) is 4.98 Å². The van der Waals surface area contributed by atoms with Gasteiger partial charge in [0.25, 0.3) is 0 Å².